The lowest BCUT2D eigenvalue weighted by molar-refractivity contribution is 0.0367. The van der Waals surface area contributed by atoms with Crippen molar-refractivity contribution in [3.05, 3.63) is 29.8 Å². The summed E-state index contributed by atoms with van der Waals surface area (Å²) in [5, 5.41) is 13.3. The second-order valence-electron chi connectivity index (χ2n) is 6.50. The van der Waals surface area contributed by atoms with Crippen molar-refractivity contribution in [3.63, 3.8) is 0 Å². The van der Waals surface area contributed by atoms with E-state index < -0.39 is 6.10 Å². The average Bonchev–Trinajstić information content (AvgIpc) is 3.43. The smallest absolute Gasteiger partial charge is 0.194 e. The van der Waals surface area contributed by atoms with Crippen LogP contribution in [-0.2, 0) is 11.3 Å². The molecule has 1 aliphatic carbocycles. The van der Waals surface area contributed by atoms with Gasteiger partial charge in [0.15, 0.2) is 5.96 Å². The van der Waals surface area contributed by atoms with Crippen LogP contribution in [0.5, 0.6) is 5.75 Å². The van der Waals surface area contributed by atoms with Crippen LogP contribution in [0.3, 0.4) is 0 Å². The summed E-state index contributed by atoms with van der Waals surface area (Å²) in [6.45, 7) is 4.89. The zero-order chi connectivity index (χ0) is 18.1. The number of hydrogen-bond donors (Lipinski definition) is 2. The van der Waals surface area contributed by atoms with E-state index in [-0.39, 0.29) is 24.0 Å². The van der Waals surface area contributed by atoms with E-state index in [1.54, 1.807) is 7.11 Å². The van der Waals surface area contributed by atoms with Crippen LogP contribution < -0.4 is 10.1 Å². The molecule has 0 aliphatic heterocycles. The van der Waals surface area contributed by atoms with Gasteiger partial charge in [-0.15, -0.1) is 24.0 Å². The Balaban J connectivity index is 0.00000338. The molecule has 26 heavy (non-hydrogen) atoms. The van der Waals surface area contributed by atoms with Gasteiger partial charge in [0.1, 0.15) is 5.75 Å². The zero-order valence-corrected chi connectivity index (χ0v) is 18.3. The summed E-state index contributed by atoms with van der Waals surface area (Å²) in [6, 6.07) is 7.95. The maximum absolute atomic E-state index is 10.1. The molecule has 1 fully saturated rings. The summed E-state index contributed by atoms with van der Waals surface area (Å²) in [6.07, 6.45) is 1.94. The maximum Gasteiger partial charge on any atom is 0.194 e. The van der Waals surface area contributed by atoms with Crippen LogP contribution >= 0.6 is 24.0 Å². The number of halogens is 1. The van der Waals surface area contributed by atoms with Crippen molar-refractivity contribution in [2.45, 2.75) is 32.4 Å². The van der Waals surface area contributed by atoms with Gasteiger partial charge in [-0.2, -0.15) is 0 Å². The summed E-state index contributed by atoms with van der Waals surface area (Å²) in [4.78, 5) is 6.57. The maximum atomic E-state index is 10.1. The van der Waals surface area contributed by atoms with Crippen molar-refractivity contribution in [2.24, 2.45) is 10.9 Å². The highest BCUT2D eigenvalue weighted by atomic mass is 127. The Morgan fingerprint density at radius 3 is 2.77 bits per heavy atom. The molecule has 2 N–H and O–H groups in total. The molecule has 1 aliphatic rings. The van der Waals surface area contributed by atoms with Crippen molar-refractivity contribution in [1.82, 2.24) is 10.2 Å². The average molecular weight is 477 g/mol. The summed E-state index contributed by atoms with van der Waals surface area (Å²) in [5.41, 5.74) is 1.09. The molecule has 0 radical (unpaired) electrons. The lowest BCUT2D eigenvalue weighted by Gasteiger charge is -2.23. The quantitative estimate of drug-likeness (QED) is 0.308. The van der Waals surface area contributed by atoms with Gasteiger partial charge < -0.3 is 24.8 Å². The Hall–Kier alpha value is -1.06. The fourth-order valence-electron chi connectivity index (χ4n) is 2.53. The lowest BCUT2D eigenvalue weighted by Crippen LogP contribution is -2.39. The molecule has 0 saturated heterocycles. The van der Waals surface area contributed by atoms with Crippen LogP contribution in [0.25, 0.3) is 0 Å². The molecule has 0 spiro atoms. The molecule has 148 valence electrons. The number of ether oxygens (including phenoxy) is 2. The van der Waals surface area contributed by atoms with Gasteiger partial charge in [-0.1, -0.05) is 18.2 Å². The van der Waals surface area contributed by atoms with Crippen LogP contribution in [0.1, 0.15) is 25.3 Å². The SMILES string of the molecule is CCNC(=NCC(O)COCC1CC1)N(C)Cc1ccccc1OC.I. The van der Waals surface area contributed by atoms with Crippen molar-refractivity contribution in [3.8, 4) is 5.75 Å². The van der Waals surface area contributed by atoms with E-state index in [1.807, 2.05) is 43.1 Å². The Labute approximate surface area is 174 Å². The summed E-state index contributed by atoms with van der Waals surface area (Å²) in [5.74, 6) is 2.33. The lowest BCUT2D eigenvalue weighted by atomic mass is 10.2. The van der Waals surface area contributed by atoms with Crippen LogP contribution in [0, 0.1) is 5.92 Å². The van der Waals surface area contributed by atoms with Gasteiger partial charge in [0.25, 0.3) is 0 Å². The van der Waals surface area contributed by atoms with Crippen LogP contribution in [0.4, 0.5) is 0 Å². The highest BCUT2D eigenvalue weighted by Gasteiger charge is 2.21. The van der Waals surface area contributed by atoms with Gasteiger partial charge in [0, 0.05) is 32.3 Å². The van der Waals surface area contributed by atoms with Crippen molar-refractivity contribution in [1.29, 1.82) is 0 Å². The normalized spacial score (nSPS) is 15.2. The van der Waals surface area contributed by atoms with E-state index in [9.17, 15) is 5.11 Å². The number of benzene rings is 1. The van der Waals surface area contributed by atoms with Crippen molar-refractivity contribution >= 4 is 29.9 Å². The molecule has 6 nitrogen and oxygen atoms in total. The Kier molecular flexibility index (Phi) is 10.9. The molecule has 7 heteroatoms. The fraction of sp³-hybridized carbons (Fsp3) is 0.632. The minimum Gasteiger partial charge on any atom is -0.496 e. The molecule has 1 aromatic rings. The molecule has 0 bridgehead atoms. The zero-order valence-electron chi connectivity index (χ0n) is 16.0. The summed E-state index contributed by atoms with van der Waals surface area (Å²) < 4.78 is 10.9. The first-order valence-electron chi connectivity index (χ1n) is 9.01. The van der Waals surface area contributed by atoms with Crippen LogP contribution in [0.15, 0.2) is 29.3 Å². The molecule has 1 saturated carbocycles. The molecule has 1 aromatic carbocycles. The first-order chi connectivity index (χ1) is 12.1. The third-order valence-electron chi connectivity index (χ3n) is 4.11. The monoisotopic (exact) mass is 477 g/mol. The van der Waals surface area contributed by atoms with E-state index in [2.05, 4.69) is 10.3 Å². The molecule has 0 aromatic heterocycles. The fourth-order valence-corrected chi connectivity index (χ4v) is 2.53. The Bertz CT molecular complexity index is 553. The number of nitrogens with one attached hydrogen (secondary N) is 1. The van der Waals surface area contributed by atoms with E-state index >= 15 is 0 Å². The molecule has 1 unspecified atom stereocenters. The number of aliphatic hydroxyl groups is 1. The molecule has 1 atom stereocenters. The molecule has 2 rings (SSSR count). The van der Waals surface area contributed by atoms with Gasteiger partial charge in [0.05, 0.1) is 26.4 Å². The van der Waals surface area contributed by atoms with Gasteiger partial charge >= 0.3 is 0 Å². The van der Waals surface area contributed by atoms with Crippen LogP contribution in [-0.4, -0.2) is 62.5 Å². The van der Waals surface area contributed by atoms with Crippen LogP contribution in [0.2, 0.25) is 0 Å². The topological polar surface area (TPSA) is 66.3 Å². The standard InChI is InChI=1S/C19H31N3O3.HI/c1-4-20-19(21-11-17(23)14-25-13-15-9-10-15)22(2)12-16-7-5-6-8-18(16)24-3;/h5-8,15,17,23H,4,9-14H2,1-3H3,(H,20,21);1H. The molecular weight excluding hydrogens is 445 g/mol. The number of nitrogens with zero attached hydrogens (tertiary/aromatic N) is 2. The second kappa shape index (κ2) is 12.3. The number of methoxy groups -OCH3 is 1. The number of guanidine groups is 1. The first-order valence-corrected chi connectivity index (χ1v) is 9.01. The number of rotatable bonds is 10. The van der Waals surface area contributed by atoms with Crippen molar-refractivity contribution in [2.75, 3.05) is 40.5 Å². The predicted octanol–water partition coefficient (Wildman–Crippen LogP) is 2.50. The minimum atomic E-state index is -0.577. The summed E-state index contributed by atoms with van der Waals surface area (Å²) in [7, 11) is 3.65. The van der Waals surface area contributed by atoms with E-state index in [0.29, 0.717) is 25.6 Å². The highest BCUT2D eigenvalue weighted by molar-refractivity contribution is 14.0. The van der Waals surface area contributed by atoms with Gasteiger partial charge in [-0.05, 0) is 31.7 Å². The number of aliphatic imine (C=N–C) groups is 1. The summed E-state index contributed by atoms with van der Waals surface area (Å²) >= 11 is 0. The second-order valence-corrected chi connectivity index (χ2v) is 6.50. The molecule has 0 heterocycles. The first kappa shape index (κ1) is 23.0. The minimum absolute atomic E-state index is 0. The molecular formula is C19H32IN3O3. The van der Waals surface area contributed by atoms with Gasteiger partial charge in [-0.3, -0.25) is 4.99 Å². The van der Waals surface area contributed by atoms with Crippen molar-refractivity contribution < 1.29 is 14.6 Å². The highest BCUT2D eigenvalue weighted by Crippen LogP contribution is 2.28. The van der Waals surface area contributed by atoms with E-state index in [4.69, 9.17) is 9.47 Å². The van der Waals surface area contributed by atoms with Gasteiger partial charge in [-0.25, -0.2) is 0 Å². The number of hydrogen-bond acceptors (Lipinski definition) is 4. The number of para-hydroxylation sites is 1. The van der Waals surface area contributed by atoms with Gasteiger partial charge in [0.2, 0.25) is 0 Å². The Morgan fingerprint density at radius 1 is 1.38 bits per heavy atom. The predicted molar refractivity (Wildman–Crippen MR) is 115 cm³/mol. The Morgan fingerprint density at radius 2 is 2.12 bits per heavy atom. The third-order valence-corrected chi connectivity index (χ3v) is 4.11. The largest absolute Gasteiger partial charge is 0.496 e. The molecule has 0 amide bonds. The number of aliphatic hydroxyl groups excluding tert-OH is 1. The van der Waals surface area contributed by atoms with E-state index in [0.717, 1.165) is 30.4 Å². The van der Waals surface area contributed by atoms with E-state index in [1.165, 1.54) is 12.8 Å². The third kappa shape index (κ3) is 8.09.